The third-order valence-corrected chi connectivity index (χ3v) is 6.60. The molecule has 0 radical (unpaired) electrons. The number of carbonyl (C=O) groups excluding carboxylic acids is 1. The van der Waals surface area contributed by atoms with Crippen molar-refractivity contribution in [3.63, 3.8) is 0 Å². The molecule has 2 heteroatoms. The average Bonchev–Trinajstić information content (AvgIpc) is 3.04. The molecule has 0 saturated heterocycles. The lowest BCUT2D eigenvalue weighted by Crippen LogP contribution is -2.46. The molecule has 7 atom stereocenters. The van der Waals surface area contributed by atoms with E-state index in [2.05, 4.69) is 19.1 Å². The largest absolute Gasteiger partial charge is 0.455 e. The van der Waals surface area contributed by atoms with Gasteiger partial charge in [-0.05, 0) is 74.7 Å². The van der Waals surface area contributed by atoms with Crippen molar-refractivity contribution in [2.45, 2.75) is 51.6 Å². The van der Waals surface area contributed by atoms with E-state index >= 15 is 0 Å². The molecule has 0 N–H and O–H groups in total. The van der Waals surface area contributed by atoms with E-state index in [-0.39, 0.29) is 11.6 Å². The Morgan fingerprint density at radius 1 is 1.16 bits per heavy atom. The molecule has 4 fully saturated rings. The molecule has 4 bridgehead atoms. The van der Waals surface area contributed by atoms with Gasteiger partial charge in [-0.15, -0.1) is 0 Å². The molecule has 0 heterocycles. The molecule has 104 valence electrons. The molecule has 0 amide bonds. The van der Waals surface area contributed by atoms with Gasteiger partial charge in [0.25, 0.3) is 0 Å². The van der Waals surface area contributed by atoms with Crippen molar-refractivity contribution in [1.82, 2.24) is 0 Å². The van der Waals surface area contributed by atoms with Gasteiger partial charge in [0.05, 0.1) is 0 Å². The van der Waals surface area contributed by atoms with Crippen LogP contribution in [0.15, 0.2) is 12.2 Å². The molecule has 0 aromatic heterocycles. The van der Waals surface area contributed by atoms with Gasteiger partial charge in [-0.3, -0.25) is 4.79 Å². The highest BCUT2D eigenvalue weighted by molar-refractivity contribution is 5.67. The van der Waals surface area contributed by atoms with E-state index in [1.54, 1.807) is 6.92 Å². The summed E-state index contributed by atoms with van der Waals surface area (Å²) in [7, 11) is 0. The van der Waals surface area contributed by atoms with Crippen LogP contribution in [0.1, 0.15) is 46.0 Å². The first kappa shape index (κ1) is 12.0. The minimum atomic E-state index is -0.253. The quantitative estimate of drug-likeness (QED) is 0.431. The SMILES string of the molecule is C/C=C/C1(OC(C)=O)CC2CC1C1C3CCC(C3)C21. The highest BCUT2D eigenvalue weighted by Gasteiger charge is 2.67. The normalized spacial score (nSPS) is 54.0. The van der Waals surface area contributed by atoms with Crippen molar-refractivity contribution in [1.29, 1.82) is 0 Å². The molecular formula is C17H24O2. The summed E-state index contributed by atoms with van der Waals surface area (Å²) < 4.78 is 5.86. The Morgan fingerprint density at radius 3 is 2.58 bits per heavy atom. The Labute approximate surface area is 115 Å². The number of esters is 1. The third kappa shape index (κ3) is 1.46. The highest BCUT2D eigenvalue weighted by atomic mass is 16.6. The first-order valence-electron chi connectivity index (χ1n) is 7.98. The summed E-state index contributed by atoms with van der Waals surface area (Å²) in [4.78, 5) is 11.6. The lowest BCUT2D eigenvalue weighted by atomic mass is 9.65. The smallest absolute Gasteiger partial charge is 0.303 e. The van der Waals surface area contributed by atoms with Gasteiger partial charge in [0.2, 0.25) is 0 Å². The van der Waals surface area contributed by atoms with Crippen LogP contribution in [-0.4, -0.2) is 11.6 Å². The highest BCUT2D eigenvalue weighted by Crippen LogP contribution is 2.70. The van der Waals surface area contributed by atoms with Crippen LogP contribution in [0.3, 0.4) is 0 Å². The Bertz CT molecular complexity index is 441. The zero-order valence-electron chi connectivity index (χ0n) is 12.0. The monoisotopic (exact) mass is 260 g/mol. The maximum atomic E-state index is 11.6. The van der Waals surface area contributed by atoms with Gasteiger partial charge in [0.15, 0.2) is 0 Å². The van der Waals surface area contributed by atoms with Crippen LogP contribution in [0, 0.1) is 35.5 Å². The second-order valence-corrected chi connectivity index (χ2v) is 7.34. The fourth-order valence-corrected chi connectivity index (χ4v) is 6.52. The van der Waals surface area contributed by atoms with Crippen LogP contribution < -0.4 is 0 Å². The molecule has 19 heavy (non-hydrogen) atoms. The molecule has 7 unspecified atom stereocenters. The maximum Gasteiger partial charge on any atom is 0.303 e. The van der Waals surface area contributed by atoms with Crippen molar-refractivity contribution in [3.05, 3.63) is 12.2 Å². The summed E-state index contributed by atoms with van der Waals surface area (Å²) in [5.41, 5.74) is -0.253. The number of allylic oxidation sites excluding steroid dienone is 1. The first-order valence-corrected chi connectivity index (χ1v) is 7.98. The molecule has 0 aromatic carbocycles. The van der Waals surface area contributed by atoms with Gasteiger partial charge in [0.1, 0.15) is 5.60 Å². The first-order chi connectivity index (χ1) is 9.14. The minimum absolute atomic E-state index is 0.106. The van der Waals surface area contributed by atoms with Crippen molar-refractivity contribution >= 4 is 5.97 Å². The van der Waals surface area contributed by atoms with Crippen LogP contribution in [0.2, 0.25) is 0 Å². The summed E-state index contributed by atoms with van der Waals surface area (Å²) >= 11 is 0. The molecule has 4 aliphatic carbocycles. The van der Waals surface area contributed by atoms with Gasteiger partial charge >= 0.3 is 5.97 Å². The van der Waals surface area contributed by atoms with Crippen LogP contribution in [0.25, 0.3) is 0 Å². The van der Waals surface area contributed by atoms with Gasteiger partial charge in [-0.2, -0.15) is 0 Å². The van der Waals surface area contributed by atoms with Crippen LogP contribution in [0.5, 0.6) is 0 Å². The second kappa shape index (κ2) is 3.86. The van der Waals surface area contributed by atoms with Crippen molar-refractivity contribution in [2.75, 3.05) is 0 Å². The number of ether oxygens (including phenoxy) is 1. The molecule has 0 aromatic rings. The number of hydrogen-bond donors (Lipinski definition) is 0. The zero-order valence-corrected chi connectivity index (χ0v) is 12.0. The molecule has 2 nitrogen and oxygen atoms in total. The fourth-order valence-electron chi connectivity index (χ4n) is 6.52. The maximum absolute atomic E-state index is 11.6. The molecular weight excluding hydrogens is 236 g/mol. The Morgan fingerprint density at radius 2 is 1.89 bits per heavy atom. The van der Waals surface area contributed by atoms with E-state index < -0.39 is 0 Å². The van der Waals surface area contributed by atoms with E-state index in [1.165, 1.54) is 25.7 Å². The molecule has 4 saturated carbocycles. The predicted octanol–water partition coefficient (Wildman–Crippen LogP) is 3.57. The fraction of sp³-hybridized carbons (Fsp3) is 0.824. The predicted molar refractivity (Wildman–Crippen MR) is 73.3 cm³/mol. The summed E-state index contributed by atoms with van der Waals surface area (Å²) in [6, 6.07) is 0. The number of hydrogen-bond acceptors (Lipinski definition) is 2. The molecule has 0 spiro atoms. The second-order valence-electron chi connectivity index (χ2n) is 7.34. The minimum Gasteiger partial charge on any atom is -0.455 e. The number of fused-ring (bicyclic) bond motifs is 9. The summed E-state index contributed by atoms with van der Waals surface area (Å²) in [6.45, 7) is 3.62. The van der Waals surface area contributed by atoms with Crippen LogP contribution in [0.4, 0.5) is 0 Å². The average molecular weight is 260 g/mol. The molecule has 4 aliphatic rings. The lowest BCUT2D eigenvalue weighted by molar-refractivity contribution is -0.161. The van der Waals surface area contributed by atoms with E-state index in [9.17, 15) is 4.79 Å². The summed E-state index contributed by atoms with van der Waals surface area (Å²) in [6.07, 6.45) is 11.0. The third-order valence-electron chi connectivity index (χ3n) is 6.60. The topological polar surface area (TPSA) is 26.3 Å². The summed E-state index contributed by atoms with van der Waals surface area (Å²) in [5, 5.41) is 0. The van der Waals surface area contributed by atoms with Crippen molar-refractivity contribution < 1.29 is 9.53 Å². The van der Waals surface area contributed by atoms with Crippen LogP contribution in [-0.2, 0) is 9.53 Å². The van der Waals surface area contributed by atoms with Gasteiger partial charge < -0.3 is 4.74 Å². The standard InChI is InChI=1S/C17H24O2/c1-3-6-17(19-10(2)18)9-13-8-14(17)16-12-5-4-11(7-12)15(13)16/h3,6,11-16H,4-5,7-9H2,1-2H3/b6-3+. The van der Waals surface area contributed by atoms with E-state index in [0.717, 1.165) is 36.0 Å². The van der Waals surface area contributed by atoms with Crippen LogP contribution >= 0.6 is 0 Å². The van der Waals surface area contributed by atoms with Crippen molar-refractivity contribution in [2.24, 2.45) is 35.5 Å². The van der Waals surface area contributed by atoms with Gasteiger partial charge in [-0.1, -0.05) is 6.08 Å². The lowest BCUT2D eigenvalue weighted by Gasteiger charge is -2.44. The van der Waals surface area contributed by atoms with Gasteiger partial charge in [0, 0.05) is 12.8 Å². The zero-order chi connectivity index (χ0) is 13.2. The van der Waals surface area contributed by atoms with E-state index in [0.29, 0.717) is 5.92 Å². The van der Waals surface area contributed by atoms with Gasteiger partial charge in [-0.25, -0.2) is 0 Å². The Kier molecular flexibility index (Phi) is 2.44. The Hall–Kier alpha value is -0.790. The van der Waals surface area contributed by atoms with Crippen molar-refractivity contribution in [3.8, 4) is 0 Å². The summed E-state index contributed by atoms with van der Waals surface area (Å²) in [5.74, 6) is 5.09. The van der Waals surface area contributed by atoms with E-state index in [4.69, 9.17) is 4.74 Å². The van der Waals surface area contributed by atoms with E-state index in [1.807, 2.05) is 0 Å². The molecule has 4 rings (SSSR count). The number of rotatable bonds is 2. The number of carbonyl (C=O) groups is 1. The molecule has 0 aliphatic heterocycles. The Balaban J connectivity index is 1.68.